The zero-order valence-electron chi connectivity index (χ0n) is 19.5. The van der Waals surface area contributed by atoms with Gasteiger partial charge in [0.2, 0.25) is 17.7 Å². The molecule has 1 saturated carbocycles. The van der Waals surface area contributed by atoms with Crippen LogP contribution in [0.1, 0.15) is 50.5 Å². The zero-order valence-corrected chi connectivity index (χ0v) is 19.5. The molecule has 3 rings (SSSR count). The Balaban J connectivity index is 1.68. The first kappa shape index (κ1) is 26.4. The Morgan fingerprint density at radius 1 is 1.06 bits per heavy atom. The molecule has 0 aromatic heterocycles. The highest BCUT2D eigenvalue weighted by Crippen LogP contribution is 2.44. The van der Waals surface area contributed by atoms with E-state index >= 15 is 0 Å². The van der Waals surface area contributed by atoms with Gasteiger partial charge >= 0.3 is 5.97 Å². The van der Waals surface area contributed by atoms with Crippen molar-refractivity contribution in [3.63, 3.8) is 0 Å². The van der Waals surface area contributed by atoms with E-state index in [-0.39, 0.29) is 31.3 Å². The Bertz CT molecular complexity index is 973. The molecule has 2 aliphatic rings. The topological polar surface area (TPSA) is 179 Å². The Kier molecular flexibility index (Phi) is 8.63. The average Bonchev–Trinajstić information content (AvgIpc) is 3.23. The van der Waals surface area contributed by atoms with Crippen LogP contribution in [-0.2, 0) is 25.6 Å². The van der Waals surface area contributed by atoms with Gasteiger partial charge in [-0.15, -0.1) is 0 Å². The zero-order chi connectivity index (χ0) is 25.6. The number of hydrogen-bond donors (Lipinski definition) is 6. The minimum Gasteiger partial charge on any atom is -0.481 e. The number of benzene rings is 1. The number of carboxylic acids is 1. The number of amides is 3. The largest absolute Gasteiger partial charge is 0.481 e. The molecule has 3 amide bonds. The Hall–Kier alpha value is -3.24. The van der Waals surface area contributed by atoms with Crippen LogP contribution in [0.25, 0.3) is 0 Å². The molecule has 10 heteroatoms. The van der Waals surface area contributed by atoms with Crippen molar-refractivity contribution < 1.29 is 34.5 Å². The molecular formula is C25H33N3O7. The number of carbonyl (C=O) groups is 4. The SMILES string of the molecule is NC(=O)C(Cc1ccccc1)NC(=O)C1=CC(NC(=O)CC2(CC(=O)O)CCCC2)C(O)C(O)C1. The van der Waals surface area contributed by atoms with Gasteiger partial charge in [0.05, 0.1) is 18.6 Å². The van der Waals surface area contributed by atoms with Gasteiger partial charge in [-0.3, -0.25) is 19.2 Å². The van der Waals surface area contributed by atoms with Gasteiger partial charge < -0.3 is 31.7 Å². The van der Waals surface area contributed by atoms with E-state index in [1.165, 1.54) is 6.08 Å². The summed E-state index contributed by atoms with van der Waals surface area (Å²) >= 11 is 0. The predicted octanol–water partition coefficient (Wildman–Crippen LogP) is 0.161. The van der Waals surface area contributed by atoms with E-state index in [9.17, 15) is 34.5 Å². The first-order valence-corrected chi connectivity index (χ1v) is 11.8. The summed E-state index contributed by atoms with van der Waals surface area (Å²) in [4.78, 5) is 48.9. The fourth-order valence-electron chi connectivity index (χ4n) is 5.03. The lowest BCUT2D eigenvalue weighted by Crippen LogP contribution is -2.52. The molecule has 1 aromatic carbocycles. The molecule has 0 heterocycles. The van der Waals surface area contributed by atoms with Crippen LogP contribution < -0.4 is 16.4 Å². The lowest BCUT2D eigenvalue weighted by molar-refractivity contribution is -0.140. The molecule has 0 saturated heterocycles. The van der Waals surface area contributed by atoms with E-state index < -0.39 is 53.4 Å². The number of nitrogens with two attached hydrogens (primary N) is 1. The van der Waals surface area contributed by atoms with E-state index in [4.69, 9.17) is 5.73 Å². The molecule has 4 unspecified atom stereocenters. The van der Waals surface area contributed by atoms with Crippen LogP contribution in [0.3, 0.4) is 0 Å². The quantitative estimate of drug-likeness (QED) is 0.272. The number of primary amides is 1. The smallest absolute Gasteiger partial charge is 0.303 e. The number of aliphatic hydroxyl groups is 2. The summed E-state index contributed by atoms with van der Waals surface area (Å²) in [5.74, 6) is -2.77. The van der Waals surface area contributed by atoms with Crippen molar-refractivity contribution in [1.29, 1.82) is 0 Å². The van der Waals surface area contributed by atoms with E-state index in [1.54, 1.807) is 24.3 Å². The van der Waals surface area contributed by atoms with Gasteiger partial charge in [0.25, 0.3) is 0 Å². The Morgan fingerprint density at radius 3 is 2.31 bits per heavy atom. The van der Waals surface area contributed by atoms with Crippen molar-refractivity contribution in [2.45, 2.75) is 75.7 Å². The van der Waals surface area contributed by atoms with Crippen LogP contribution >= 0.6 is 0 Å². The third-order valence-corrected chi connectivity index (χ3v) is 6.85. The molecular weight excluding hydrogens is 454 g/mol. The van der Waals surface area contributed by atoms with Crippen LogP contribution in [0.4, 0.5) is 0 Å². The van der Waals surface area contributed by atoms with Gasteiger partial charge in [0.15, 0.2) is 0 Å². The normalized spacial score (nSPS) is 24.2. The summed E-state index contributed by atoms with van der Waals surface area (Å²) in [6, 6.07) is 7.00. The fourth-order valence-corrected chi connectivity index (χ4v) is 5.03. The van der Waals surface area contributed by atoms with Gasteiger partial charge in [-0.1, -0.05) is 49.2 Å². The Morgan fingerprint density at radius 2 is 1.71 bits per heavy atom. The van der Waals surface area contributed by atoms with E-state index in [0.29, 0.717) is 12.8 Å². The van der Waals surface area contributed by atoms with Gasteiger partial charge in [0, 0.05) is 24.8 Å². The van der Waals surface area contributed by atoms with Crippen molar-refractivity contribution in [3.05, 3.63) is 47.5 Å². The van der Waals surface area contributed by atoms with E-state index in [0.717, 1.165) is 18.4 Å². The summed E-state index contributed by atoms with van der Waals surface area (Å²) in [6.45, 7) is 0. The third-order valence-electron chi connectivity index (χ3n) is 6.85. The van der Waals surface area contributed by atoms with Crippen LogP contribution in [0.15, 0.2) is 42.0 Å². The summed E-state index contributed by atoms with van der Waals surface area (Å²) < 4.78 is 0. The van der Waals surface area contributed by atoms with Crippen molar-refractivity contribution in [1.82, 2.24) is 10.6 Å². The summed E-state index contributed by atoms with van der Waals surface area (Å²) in [6.07, 6.45) is 1.54. The average molecular weight is 488 g/mol. The van der Waals surface area contributed by atoms with Crippen LogP contribution in [0.5, 0.6) is 0 Å². The van der Waals surface area contributed by atoms with Crippen LogP contribution in [-0.4, -0.2) is 63.3 Å². The lowest BCUT2D eigenvalue weighted by atomic mass is 9.79. The molecule has 0 aliphatic heterocycles. The van der Waals surface area contributed by atoms with Crippen molar-refractivity contribution >= 4 is 23.7 Å². The number of aliphatic hydroxyl groups excluding tert-OH is 2. The standard InChI is InChI=1S/C25H33N3O7/c26-23(34)18(10-15-6-2-1-3-7-15)28-24(35)16-11-17(22(33)19(29)12-16)27-20(30)13-25(14-21(31)32)8-4-5-9-25/h1-3,6-7,11,17-19,22,29,33H,4-5,8-10,12-14H2,(H2,26,34)(H,27,30)(H,28,35)(H,31,32). The van der Waals surface area contributed by atoms with Crippen molar-refractivity contribution in [2.75, 3.05) is 0 Å². The molecule has 190 valence electrons. The summed E-state index contributed by atoms with van der Waals surface area (Å²) in [7, 11) is 0. The van der Waals surface area contributed by atoms with Gasteiger partial charge in [-0.2, -0.15) is 0 Å². The highest BCUT2D eigenvalue weighted by Gasteiger charge is 2.40. The van der Waals surface area contributed by atoms with Gasteiger partial charge in [-0.25, -0.2) is 0 Å². The second-order valence-corrected chi connectivity index (χ2v) is 9.62. The molecule has 1 fully saturated rings. The van der Waals surface area contributed by atoms with Gasteiger partial charge in [-0.05, 0) is 23.8 Å². The molecule has 35 heavy (non-hydrogen) atoms. The maximum Gasteiger partial charge on any atom is 0.303 e. The maximum atomic E-state index is 12.9. The second-order valence-electron chi connectivity index (χ2n) is 9.62. The molecule has 10 nitrogen and oxygen atoms in total. The first-order chi connectivity index (χ1) is 16.6. The number of rotatable bonds is 10. The van der Waals surface area contributed by atoms with Crippen molar-refractivity contribution in [2.24, 2.45) is 11.1 Å². The predicted molar refractivity (Wildman–Crippen MR) is 126 cm³/mol. The molecule has 4 atom stereocenters. The number of carboxylic acid groups (broad SMARTS) is 1. The first-order valence-electron chi connectivity index (χ1n) is 11.8. The number of aliphatic carboxylic acids is 1. The van der Waals surface area contributed by atoms with E-state index in [1.807, 2.05) is 6.07 Å². The van der Waals surface area contributed by atoms with Crippen LogP contribution in [0, 0.1) is 5.41 Å². The fraction of sp³-hybridized carbons (Fsp3) is 0.520. The minimum absolute atomic E-state index is 0.0190. The molecule has 0 radical (unpaired) electrons. The number of nitrogens with one attached hydrogen (secondary N) is 2. The minimum atomic E-state index is -1.34. The Labute approximate surface area is 203 Å². The summed E-state index contributed by atoms with van der Waals surface area (Å²) in [5, 5.41) is 35.2. The lowest BCUT2D eigenvalue weighted by Gasteiger charge is -2.33. The molecule has 2 aliphatic carbocycles. The maximum absolute atomic E-state index is 12.9. The monoisotopic (exact) mass is 487 g/mol. The van der Waals surface area contributed by atoms with Crippen LogP contribution in [0.2, 0.25) is 0 Å². The molecule has 1 aromatic rings. The molecule has 0 bridgehead atoms. The second kappa shape index (κ2) is 11.5. The van der Waals surface area contributed by atoms with Crippen molar-refractivity contribution in [3.8, 4) is 0 Å². The molecule has 7 N–H and O–H groups in total. The highest BCUT2D eigenvalue weighted by molar-refractivity contribution is 5.97. The highest BCUT2D eigenvalue weighted by atomic mass is 16.4. The molecule has 0 spiro atoms. The third kappa shape index (κ3) is 7.12. The van der Waals surface area contributed by atoms with Gasteiger partial charge in [0.1, 0.15) is 12.1 Å². The van der Waals surface area contributed by atoms with E-state index in [2.05, 4.69) is 10.6 Å². The number of carbonyl (C=O) groups excluding carboxylic acids is 3. The number of hydrogen-bond acceptors (Lipinski definition) is 6. The summed E-state index contributed by atoms with van der Waals surface area (Å²) in [5.41, 5.74) is 5.74.